The van der Waals surface area contributed by atoms with Gasteiger partial charge in [0.2, 0.25) is 0 Å². The highest BCUT2D eigenvalue weighted by Crippen LogP contribution is 2.42. The number of carbonyl (C=O) groups is 1. The Kier molecular flexibility index (Phi) is 2.23. The van der Waals surface area contributed by atoms with E-state index in [-0.39, 0.29) is 0 Å². The molecule has 2 rings (SSSR count). The fourth-order valence-corrected chi connectivity index (χ4v) is 1.62. The number of carboxylic acids is 1. The zero-order valence-electron chi connectivity index (χ0n) is 7.66. The fraction of sp³-hybridized carbons (Fsp3) is 0.364. The van der Waals surface area contributed by atoms with Crippen molar-refractivity contribution in [1.82, 2.24) is 0 Å². The van der Waals surface area contributed by atoms with Crippen molar-refractivity contribution in [3.63, 3.8) is 0 Å². The van der Waals surface area contributed by atoms with Crippen molar-refractivity contribution < 1.29 is 14.3 Å². The molecule has 1 aromatic rings. The van der Waals surface area contributed by atoms with Crippen LogP contribution < -0.4 is 0 Å². The van der Waals surface area contributed by atoms with Crippen LogP contribution in [0.5, 0.6) is 0 Å². The molecule has 1 aliphatic rings. The molecule has 0 unspecified atom stereocenters. The highest BCUT2D eigenvalue weighted by atomic mass is 19.1. The van der Waals surface area contributed by atoms with Gasteiger partial charge >= 0.3 is 5.97 Å². The second kappa shape index (κ2) is 3.40. The highest BCUT2D eigenvalue weighted by molar-refractivity contribution is 5.89. The molecule has 0 aromatic heterocycles. The van der Waals surface area contributed by atoms with Crippen molar-refractivity contribution in [2.24, 2.45) is 0 Å². The van der Waals surface area contributed by atoms with Gasteiger partial charge in [0, 0.05) is 0 Å². The molecule has 14 heavy (non-hydrogen) atoms. The average molecular weight is 194 g/mol. The van der Waals surface area contributed by atoms with E-state index in [4.69, 9.17) is 5.11 Å². The number of halogens is 1. The van der Waals surface area contributed by atoms with E-state index in [1.165, 1.54) is 12.1 Å². The molecule has 1 aliphatic carbocycles. The molecular weight excluding hydrogens is 183 g/mol. The topological polar surface area (TPSA) is 37.3 Å². The summed E-state index contributed by atoms with van der Waals surface area (Å²) in [4.78, 5) is 10.9. The predicted octanol–water partition coefficient (Wildman–Crippen LogP) is 2.73. The lowest BCUT2D eigenvalue weighted by molar-refractivity contribution is 0.0695. The van der Waals surface area contributed by atoms with Crippen molar-refractivity contribution in [3.8, 4) is 0 Å². The molecule has 0 radical (unpaired) electrons. The summed E-state index contributed by atoms with van der Waals surface area (Å²) >= 11 is 0. The maximum Gasteiger partial charge on any atom is 0.335 e. The van der Waals surface area contributed by atoms with Gasteiger partial charge in [0.25, 0.3) is 0 Å². The van der Waals surface area contributed by atoms with E-state index in [1.54, 1.807) is 6.07 Å². The van der Waals surface area contributed by atoms with Gasteiger partial charge in [0.15, 0.2) is 0 Å². The van der Waals surface area contributed by atoms with Crippen LogP contribution in [0.2, 0.25) is 0 Å². The summed E-state index contributed by atoms with van der Waals surface area (Å²) in [6, 6.07) is 4.72. The summed E-state index contributed by atoms with van der Waals surface area (Å²) < 4.78 is 12.4. The van der Waals surface area contributed by atoms with Crippen LogP contribution in [0.1, 0.15) is 40.2 Å². The molecule has 0 spiro atoms. The molecule has 0 heterocycles. The maximum absolute atomic E-state index is 12.4. The Balaban J connectivity index is 2.43. The lowest BCUT2D eigenvalue weighted by Gasteiger charge is -2.05. The first-order valence-electron chi connectivity index (χ1n) is 4.64. The van der Waals surface area contributed by atoms with E-state index in [2.05, 4.69) is 0 Å². The lowest BCUT2D eigenvalue weighted by atomic mass is 10.0. The first-order valence-corrected chi connectivity index (χ1v) is 4.64. The van der Waals surface area contributed by atoms with Gasteiger partial charge in [-0.3, -0.25) is 0 Å². The van der Waals surface area contributed by atoms with E-state index in [0.29, 0.717) is 17.0 Å². The maximum atomic E-state index is 12.4. The van der Waals surface area contributed by atoms with E-state index < -0.39 is 12.6 Å². The largest absolute Gasteiger partial charge is 0.478 e. The summed E-state index contributed by atoms with van der Waals surface area (Å²) in [7, 11) is 0. The molecule has 0 aliphatic heterocycles. The summed E-state index contributed by atoms with van der Waals surface area (Å²) in [6.45, 7) is -0.528. The summed E-state index contributed by atoms with van der Waals surface area (Å²) in [5.41, 5.74) is 1.69. The molecule has 0 saturated heterocycles. The number of hydrogen-bond donors (Lipinski definition) is 1. The van der Waals surface area contributed by atoms with Gasteiger partial charge in [-0.15, -0.1) is 0 Å². The van der Waals surface area contributed by atoms with E-state index in [9.17, 15) is 9.18 Å². The van der Waals surface area contributed by atoms with Gasteiger partial charge in [-0.25, -0.2) is 9.18 Å². The number of alkyl halides is 1. The Labute approximate surface area is 81.4 Å². The number of carboxylic acid groups (broad SMARTS) is 1. The third-order valence-electron chi connectivity index (χ3n) is 2.52. The van der Waals surface area contributed by atoms with E-state index >= 15 is 0 Å². The van der Waals surface area contributed by atoms with Crippen LogP contribution in [0, 0.1) is 0 Å². The molecule has 1 fully saturated rings. The van der Waals surface area contributed by atoms with Crippen molar-refractivity contribution >= 4 is 5.97 Å². The summed E-state index contributed by atoms with van der Waals surface area (Å²) in [5, 5.41) is 8.91. The quantitative estimate of drug-likeness (QED) is 0.803. The standard InChI is InChI=1S/C11H11FO2/c12-6-7-1-4-9(11(13)14)10(5-7)8-2-3-8/h1,4-5,8H,2-3,6H2,(H,13,14). The van der Waals surface area contributed by atoms with E-state index in [1.807, 2.05) is 0 Å². The summed E-state index contributed by atoms with van der Waals surface area (Å²) in [5.74, 6) is -0.579. The van der Waals surface area contributed by atoms with Crippen molar-refractivity contribution in [3.05, 3.63) is 34.9 Å². The molecule has 1 aromatic carbocycles. The van der Waals surface area contributed by atoms with Crippen LogP contribution >= 0.6 is 0 Å². The van der Waals surface area contributed by atoms with Crippen molar-refractivity contribution in [1.29, 1.82) is 0 Å². The SMILES string of the molecule is O=C(O)c1ccc(CF)cc1C1CC1. The number of hydrogen-bond acceptors (Lipinski definition) is 1. The molecule has 1 N–H and O–H groups in total. The van der Waals surface area contributed by atoms with Gasteiger partial charge in [0.05, 0.1) is 5.56 Å². The minimum absolute atomic E-state index is 0.324. The monoisotopic (exact) mass is 194 g/mol. The Hall–Kier alpha value is -1.38. The zero-order chi connectivity index (χ0) is 10.1. The van der Waals surface area contributed by atoms with Crippen LogP contribution in [-0.2, 0) is 6.67 Å². The Bertz CT molecular complexity index is 370. The average Bonchev–Trinajstić information content (AvgIpc) is 3.00. The number of aromatic carboxylic acids is 1. The van der Waals surface area contributed by atoms with Crippen LogP contribution in [0.15, 0.2) is 18.2 Å². The normalized spacial score (nSPS) is 15.5. The number of rotatable bonds is 3. The third-order valence-corrected chi connectivity index (χ3v) is 2.52. The summed E-state index contributed by atoms with van der Waals surface area (Å²) in [6.07, 6.45) is 2.05. The van der Waals surface area contributed by atoms with Crippen LogP contribution in [-0.4, -0.2) is 11.1 Å². The highest BCUT2D eigenvalue weighted by Gasteiger charge is 2.28. The van der Waals surface area contributed by atoms with Gasteiger partial charge in [-0.05, 0) is 36.0 Å². The van der Waals surface area contributed by atoms with Crippen molar-refractivity contribution in [2.45, 2.75) is 25.4 Å². The second-order valence-corrected chi connectivity index (χ2v) is 3.63. The lowest BCUT2D eigenvalue weighted by Crippen LogP contribution is -2.02. The van der Waals surface area contributed by atoms with Gasteiger partial charge in [-0.1, -0.05) is 12.1 Å². The first-order chi connectivity index (χ1) is 6.72. The molecule has 0 bridgehead atoms. The Morgan fingerprint density at radius 3 is 2.71 bits per heavy atom. The van der Waals surface area contributed by atoms with Gasteiger partial charge < -0.3 is 5.11 Å². The molecule has 2 nitrogen and oxygen atoms in total. The van der Waals surface area contributed by atoms with Crippen LogP contribution in [0.4, 0.5) is 4.39 Å². The minimum atomic E-state index is -0.919. The van der Waals surface area contributed by atoms with Gasteiger partial charge in [-0.2, -0.15) is 0 Å². The minimum Gasteiger partial charge on any atom is -0.478 e. The molecule has 0 atom stereocenters. The van der Waals surface area contributed by atoms with Crippen molar-refractivity contribution in [2.75, 3.05) is 0 Å². The fourth-order valence-electron chi connectivity index (χ4n) is 1.62. The molecule has 3 heteroatoms. The molecule has 1 saturated carbocycles. The molecule has 0 amide bonds. The van der Waals surface area contributed by atoms with Crippen LogP contribution in [0.25, 0.3) is 0 Å². The third kappa shape index (κ3) is 1.62. The zero-order valence-corrected chi connectivity index (χ0v) is 7.66. The molecule has 74 valence electrons. The Morgan fingerprint density at radius 2 is 2.21 bits per heavy atom. The molecular formula is C11H11FO2. The van der Waals surface area contributed by atoms with Crippen LogP contribution in [0.3, 0.4) is 0 Å². The first kappa shape index (κ1) is 9.19. The van der Waals surface area contributed by atoms with Gasteiger partial charge in [0.1, 0.15) is 6.67 Å². The van der Waals surface area contributed by atoms with E-state index in [0.717, 1.165) is 18.4 Å². The Morgan fingerprint density at radius 1 is 1.50 bits per heavy atom. The predicted molar refractivity (Wildman–Crippen MR) is 50.2 cm³/mol. The number of benzene rings is 1. The second-order valence-electron chi connectivity index (χ2n) is 3.63. The smallest absolute Gasteiger partial charge is 0.335 e.